The lowest BCUT2D eigenvalue weighted by molar-refractivity contribution is -0.118. The minimum atomic E-state index is -0.285. The molecule has 2 atom stereocenters. The zero-order chi connectivity index (χ0) is 17.8. The summed E-state index contributed by atoms with van der Waals surface area (Å²) in [6.07, 6.45) is 6.18. The molecule has 0 radical (unpaired) electrons. The second-order valence-corrected chi connectivity index (χ2v) is 6.85. The lowest BCUT2D eigenvalue weighted by atomic mass is 9.90. The number of aromatic nitrogens is 2. The zero-order valence-electron chi connectivity index (χ0n) is 15.0. The van der Waals surface area contributed by atoms with Crippen molar-refractivity contribution < 1.29 is 4.79 Å². The van der Waals surface area contributed by atoms with Crippen LogP contribution in [-0.2, 0) is 11.2 Å². The number of primary amides is 1. The molecule has 2 aromatic rings. The Morgan fingerprint density at radius 3 is 2.80 bits per heavy atom. The summed E-state index contributed by atoms with van der Waals surface area (Å²) in [6.45, 7) is 2.13. The SMILES string of the molecule is Cc1cccnc1C1CCCC(c2cccc(CCC(N)=O)n2)N1C. The van der Waals surface area contributed by atoms with Gasteiger partial charge in [0, 0.05) is 18.3 Å². The molecule has 0 aliphatic carbocycles. The quantitative estimate of drug-likeness (QED) is 0.909. The molecule has 0 aromatic carbocycles. The molecule has 25 heavy (non-hydrogen) atoms. The van der Waals surface area contributed by atoms with Gasteiger partial charge in [0.05, 0.1) is 23.5 Å². The van der Waals surface area contributed by atoms with E-state index in [-0.39, 0.29) is 11.9 Å². The van der Waals surface area contributed by atoms with E-state index >= 15 is 0 Å². The van der Waals surface area contributed by atoms with Gasteiger partial charge in [-0.3, -0.25) is 19.7 Å². The second-order valence-electron chi connectivity index (χ2n) is 6.85. The minimum Gasteiger partial charge on any atom is -0.370 e. The molecular formula is C20H26N4O. The molecule has 3 rings (SSSR count). The van der Waals surface area contributed by atoms with Crippen LogP contribution in [-0.4, -0.2) is 27.8 Å². The molecule has 132 valence electrons. The molecule has 1 saturated heterocycles. The van der Waals surface area contributed by atoms with Crippen LogP contribution in [0.15, 0.2) is 36.5 Å². The van der Waals surface area contributed by atoms with Crippen molar-refractivity contribution in [3.63, 3.8) is 0 Å². The zero-order valence-corrected chi connectivity index (χ0v) is 15.0. The first-order chi connectivity index (χ1) is 12.1. The van der Waals surface area contributed by atoms with Crippen LogP contribution in [0.4, 0.5) is 0 Å². The standard InChI is InChI=1S/C20H26N4O/c1-14-6-5-13-22-20(14)18-10-4-9-17(24(18)2)16-8-3-7-15(23-16)11-12-19(21)25/h3,5-8,13,17-18H,4,9-12H2,1-2H3,(H2,21,25). The Balaban J connectivity index is 1.81. The molecule has 5 nitrogen and oxygen atoms in total. The third-order valence-electron chi connectivity index (χ3n) is 5.10. The number of carbonyl (C=O) groups is 1. The van der Waals surface area contributed by atoms with Gasteiger partial charge in [0.2, 0.25) is 5.91 Å². The summed E-state index contributed by atoms with van der Waals surface area (Å²) in [6, 6.07) is 10.8. The van der Waals surface area contributed by atoms with Crippen LogP contribution in [0.3, 0.4) is 0 Å². The van der Waals surface area contributed by atoms with Gasteiger partial charge in [-0.1, -0.05) is 12.1 Å². The smallest absolute Gasteiger partial charge is 0.217 e. The third kappa shape index (κ3) is 4.04. The number of likely N-dealkylation sites (tertiary alicyclic amines) is 1. The van der Waals surface area contributed by atoms with Crippen LogP contribution in [0.1, 0.15) is 60.4 Å². The van der Waals surface area contributed by atoms with Crippen LogP contribution in [0.2, 0.25) is 0 Å². The minimum absolute atomic E-state index is 0.272. The summed E-state index contributed by atoms with van der Waals surface area (Å²) in [5, 5.41) is 0. The average Bonchev–Trinajstić information content (AvgIpc) is 2.61. The van der Waals surface area contributed by atoms with E-state index in [1.165, 1.54) is 11.3 Å². The van der Waals surface area contributed by atoms with Gasteiger partial charge in [-0.05, 0) is 63.4 Å². The van der Waals surface area contributed by atoms with E-state index in [2.05, 4.69) is 36.0 Å². The first-order valence-corrected chi connectivity index (χ1v) is 8.94. The van der Waals surface area contributed by atoms with Crippen LogP contribution < -0.4 is 5.73 Å². The van der Waals surface area contributed by atoms with E-state index in [1.807, 2.05) is 24.4 Å². The van der Waals surface area contributed by atoms with Crippen LogP contribution in [0.5, 0.6) is 0 Å². The van der Waals surface area contributed by atoms with Crippen molar-refractivity contribution in [3.8, 4) is 0 Å². The van der Waals surface area contributed by atoms with Gasteiger partial charge in [-0.15, -0.1) is 0 Å². The highest BCUT2D eigenvalue weighted by Crippen LogP contribution is 2.39. The van der Waals surface area contributed by atoms with E-state index in [0.717, 1.165) is 30.7 Å². The molecule has 0 spiro atoms. The Kier molecular flexibility index (Phi) is 5.43. The molecule has 1 aliphatic rings. The molecule has 0 bridgehead atoms. The number of nitrogens with two attached hydrogens (primary N) is 1. The maximum atomic E-state index is 11.0. The van der Waals surface area contributed by atoms with Crippen LogP contribution in [0, 0.1) is 6.92 Å². The number of nitrogens with zero attached hydrogens (tertiary/aromatic N) is 3. The van der Waals surface area contributed by atoms with Crippen molar-refractivity contribution in [2.24, 2.45) is 5.73 Å². The fourth-order valence-electron chi connectivity index (χ4n) is 3.74. The number of amides is 1. The van der Waals surface area contributed by atoms with E-state index in [0.29, 0.717) is 18.9 Å². The first kappa shape index (κ1) is 17.5. The van der Waals surface area contributed by atoms with E-state index < -0.39 is 0 Å². The Hall–Kier alpha value is -2.27. The fourth-order valence-corrected chi connectivity index (χ4v) is 3.74. The van der Waals surface area contributed by atoms with Crippen LogP contribution in [0.25, 0.3) is 0 Å². The van der Waals surface area contributed by atoms with E-state index in [1.54, 1.807) is 0 Å². The summed E-state index contributed by atoms with van der Waals surface area (Å²) in [5.74, 6) is -0.285. The number of aryl methyl sites for hydroxylation is 2. The van der Waals surface area contributed by atoms with Gasteiger partial charge in [-0.25, -0.2) is 0 Å². The monoisotopic (exact) mass is 338 g/mol. The Morgan fingerprint density at radius 2 is 2.04 bits per heavy atom. The molecule has 5 heteroatoms. The van der Waals surface area contributed by atoms with Gasteiger partial charge in [0.25, 0.3) is 0 Å². The molecule has 2 unspecified atom stereocenters. The highest BCUT2D eigenvalue weighted by atomic mass is 16.1. The average molecular weight is 338 g/mol. The second kappa shape index (κ2) is 7.74. The predicted molar refractivity (Wildman–Crippen MR) is 97.8 cm³/mol. The predicted octanol–water partition coefficient (Wildman–Crippen LogP) is 3.10. The topological polar surface area (TPSA) is 72.1 Å². The fraction of sp³-hybridized carbons (Fsp3) is 0.450. The van der Waals surface area contributed by atoms with Crippen molar-refractivity contribution in [2.75, 3.05) is 7.05 Å². The van der Waals surface area contributed by atoms with Gasteiger partial charge in [0.15, 0.2) is 0 Å². The van der Waals surface area contributed by atoms with Crippen molar-refractivity contribution in [3.05, 3.63) is 59.2 Å². The summed E-state index contributed by atoms with van der Waals surface area (Å²) in [4.78, 5) is 22.9. The van der Waals surface area contributed by atoms with Gasteiger partial charge in [0.1, 0.15) is 0 Å². The van der Waals surface area contributed by atoms with Gasteiger partial charge in [-0.2, -0.15) is 0 Å². The summed E-state index contributed by atoms with van der Waals surface area (Å²) in [5.41, 5.74) is 9.67. The highest BCUT2D eigenvalue weighted by molar-refractivity contribution is 5.73. The molecule has 1 amide bonds. The Labute approximate surface area is 149 Å². The lowest BCUT2D eigenvalue weighted by Crippen LogP contribution is -2.34. The molecule has 3 heterocycles. The lowest BCUT2D eigenvalue weighted by Gasteiger charge is -2.39. The Bertz CT molecular complexity index is 746. The number of piperidine rings is 1. The number of hydrogen-bond acceptors (Lipinski definition) is 4. The number of pyridine rings is 2. The highest BCUT2D eigenvalue weighted by Gasteiger charge is 2.31. The largest absolute Gasteiger partial charge is 0.370 e. The van der Waals surface area contributed by atoms with E-state index in [9.17, 15) is 4.79 Å². The normalized spacial score (nSPS) is 21.2. The molecule has 2 N–H and O–H groups in total. The number of carbonyl (C=O) groups excluding carboxylic acids is 1. The first-order valence-electron chi connectivity index (χ1n) is 8.94. The molecule has 0 saturated carbocycles. The molecule has 1 fully saturated rings. The molecule has 2 aromatic heterocycles. The summed E-state index contributed by atoms with van der Waals surface area (Å²) >= 11 is 0. The van der Waals surface area contributed by atoms with Crippen molar-refractivity contribution >= 4 is 5.91 Å². The number of rotatable bonds is 5. The van der Waals surface area contributed by atoms with Crippen molar-refractivity contribution in [1.82, 2.24) is 14.9 Å². The maximum Gasteiger partial charge on any atom is 0.217 e. The van der Waals surface area contributed by atoms with Crippen LogP contribution >= 0.6 is 0 Å². The van der Waals surface area contributed by atoms with Gasteiger partial charge < -0.3 is 5.73 Å². The van der Waals surface area contributed by atoms with Crippen molar-refractivity contribution in [1.29, 1.82) is 0 Å². The molecule has 1 aliphatic heterocycles. The maximum absolute atomic E-state index is 11.0. The van der Waals surface area contributed by atoms with Gasteiger partial charge >= 0.3 is 0 Å². The Morgan fingerprint density at radius 1 is 1.24 bits per heavy atom. The summed E-state index contributed by atoms with van der Waals surface area (Å²) < 4.78 is 0. The van der Waals surface area contributed by atoms with E-state index in [4.69, 9.17) is 10.7 Å². The third-order valence-corrected chi connectivity index (χ3v) is 5.10. The van der Waals surface area contributed by atoms with Crippen molar-refractivity contribution in [2.45, 2.75) is 51.1 Å². The number of hydrogen-bond donors (Lipinski definition) is 1. The summed E-state index contributed by atoms with van der Waals surface area (Å²) in [7, 11) is 2.17. The molecular weight excluding hydrogens is 312 g/mol.